The van der Waals surface area contributed by atoms with Crippen LogP contribution in [-0.2, 0) is 18.4 Å². The number of fused-ring (bicyclic) bond motifs is 2. The fraction of sp³-hybridized carbons (Fsp3) is 0.304. The largest absolute Gasteiger partial charge is 0.497 e. The first-order valence-corrected chi connectivity index (χ1v) is 11.3. The Balaban J connectivity index is 1.56. The monoisotopic (exact) mass is 422 g/mol. The fourth-order valence-corrected chi connectivity index (χ4v) is 4.29. The minimum absolute atomic E-state index is 0.0264. The molecule has 1 N–H and O–H groups in total. The number of carbonyl (C=O) groups is 1. The van der Waals surface area contributed by atoms with Crippen LogP contribution in [0.2, 0.25) is 0 Å². The molecule has 0 spiro atoms. The van der Waals surface area contributed by atoms with E-state index < -0.39 is 0 Å². The van der Waals surface area contributed by atoms with Crippen molar-refractivity contribution in [3.8, 4) is 5.75 Å². The number of carbonyl (C=O) groups excluding carboxylic acids is 1. The molecule has 0 radical (unpaired) electrons. The van der Waals surface area contributed by atoms with Crippen LogP contribution in [-0.4, -0.2) is 39.1 Å². The molecule has 1 atom stereocenters. The maximum absolute atomic E-state index is 13.0. The van der Waals surface area contributed by atoms with E-state index in [-0.39, 0.29) is 18.5 Å². The highest BCUT2D eigenvalue weighted by Crippen LogP contribution is 2.24. The van der Waals surface area contributed by atoms with Gasteiger partial charge < -0.3 is 19.2 Å². The third kappa shape index (κ3) is 4.03. The van der Waals surface area contributed by atoms with E-state index >= 15 is 0 Å². The number of nitrogens with zero attached hydrogens (tertiary/aromatic N) is 3. The molecule has 6 nitrogen and oxygen atoms in total. The highest BCUT2D eigenvalue weighted by molar-refractivity contribution is 7.98. The molecule has 0 bridgehead atoms. The number of imidazole rings is 1. The van der Waals surface area contributed by atoms with Gasteiger partial charge in [0.15, 0.2) is 0 Å². The molecule has 0 aliphatic rings. The lowest BCUT2D eigenvalue weighted by Gasteiger charge is -2.19. The van der Waals surface area contributed by atoms with Gasteiger partial charge in [-0.05, 0) is 54.8 Å². The number of hydrogen-bond acceptors (Lipinski definition) is 4. The van der Waals surface area contributed by atoms with E-state index in [0.29, 0.717) is 0 Å². The van der Waals surface area contributed by atoms with Crippen LogP contribution in [0, 0.1) is 0 Å². The molecule has 30 heavy (non-hydrogen) atoms. The van der Waals surface area contributed by atoms with Crippen LogP contribution < -0.4 is 10.1 Å². The second-order valence-corrected chi connectivity index (χ2v) is 8.27. The van der Waals surface area contributed by atoms with Crippen molar-refractivity contribution >= 4 is 39.6 Å². The average molecular weight is 423 g/mol. The molecule has 0 saturated carbocycles. The van der Waals surface area contributed by atoms with Crippen molar-refractivity contribution in [2.24, 2.45) is 7.05 Å². The van der Waals surface area contributed by atoms with Gasteiger partial charge in [-0.2, -0.15) is 11.8 Å². The van der Waals surface area contributed by atoms with Crippen LogP contribution in [0.5, 0.6) is 5.75 Å². The molecule has 156 valence electrons. The summed E-state index contributed by atoms with van der Waals surface area (Å²) in [5.41, 5.74) is 3.03. The lowest BCUT2D eigenvalue weighted by molar-refractivity contribution is -0.122. The van der Waals surface area contributed by atoms with E-state index in [0.717, 1.165) is 45.7 Å². The first kappa shape index (κ1) is 20.3. The number of nitrogens with one attached hydrogen (secondary N) is 1. The van der Waals surface area contributed by atoms with Crippen LogP contribution in [0.1, 0.15) is 18.3 Å². The number of benzene rings is 2. The Hall–Kier alpha value is -2.93. The second-order valence-electron chi connectivity index (χ2n) is 7.29. The van der Waals surface area contributed by atoms with Crippen LogP contribution in [0.3, 0.4) is 0 Å². The summed E-state index contributed by atoms with van der Waals surface area (Å²) >= 11 is 1.77. The number of para-hydroxylation sites is 2. The van der Waals surface area contributed by atoms with Gasteiger partial charge >= 0.3 is 0 Å². The predicted molar refractivity (Wildman–Crippen MR) is 123 cm³/mol. The van der Waals surface area contributed by atoms with Crippen molar-refractivity contribution < 1.29 is 9.53 Å². The third-order valence-electron chi connectivity index (χ3n) is 5.37. The van der Waals surface area contributed by atoms with Crippen molar-refractivity contribution in [3.63, 3.8) is 0 Å². The number of methoxy groups -OCH3 is 1. The van der Waals surface area contributed by atoms with E-state index in [4.69, 9.17) is 9.72 Å². The van der Waals surface area contributed by atoms with Gasteiger partial charge in [0.25, 0.3) is 0 Å². The highest BCUT2D eigenvalue weighted by atomic mass is 32.2. The highest BCUT2D eigenvalue weighted by Gasteiger charge is 2.21. The number of ether oxygens (including phenoxy) is 1. The normalized spacial score (nSPS) is 12.4. The molecule has 4 aromatic rings. The molecule has 2 aromatic carbocycles. The predicted octanol–water partition coefficient (Wildman–Crippen LogP) is 4.15. The first-order valence-electron chi connectivity index (χ1n) is 9.93. The smallest absolute Gasteiger partial charge is 0.240 e. The lowest BCUT2D eigenvalue weighted by atomic mass is 10.2. The molecule has 4 rings (SSSR count). The van der Waals surface area contributed by atoms with E-state index in [1.807, 2.05) is 60.3 Å². The van der Waals surface area contributed by atoms with E-state index in [1.54, 1.807) is 18.9 Å². The molecule has 0 aliphatic heterocycles. The average Bonchev–Trinajstić information content (AvgIpc) is 3.31. The minimum Gasteiger partial charge on any atom is -0.497 e. The van der Waals surface area contributed by atoms with Crippen molar-refractivity contribution in [2.45, 2.75) is 19.0 Å². The maximum atomic E-state index is 13.0. The standard InChI is InChI=1S/C23H26N4O2S/c1-26-21-7-5-4-6-18(21)25-23(26)19(11-13-30-3)24-22(28)15-27-12-10-16-14-17(29-2)8-9-20(16)27/h4-10,12,14,19H,11,13,15H2,1-3H3,(H,24,28). The first-order chi connectivity index (χ1) is 14.6. The SMILES string of the molecule is COc1ccc2c(ccn2CC(=O)NC(CCSC)c2nc3ccccc3n2C)c1. The van der Waals surface area contributed by atoms with Crippen molar-refractivity contribution in [2.75, 3.05) is 19.1 Å². The summed E-state index contributed by atoms with van der Waals surface area (Å²) in [5.74, 6) is 2.62. The minimum atomic E-state index is -0.135. The molecule has 0 fully saturated rings. The number of thioether (sulfide) groups is 1. The van der Waals surface area contributed by atoms with Gasteiger partial charge in [0.2, 0.25) is 5.91 Å². The zero-order valence-electron chi connectivity index (χ0n) is 17.5. The summed E-state index contributed by atoms with van der Waals surface area (Å²) in [7, 11) is 3.66. The molecular weight excluding hydrogens is 396 g/mol. The number of aromatic nitrogens is 3. The van der Waals surface area contributed by atoms with Gasteiger partial charge in [-0.25, -0.2) is 4.98 Å². The quantitative estimate of drug-likeness (QED) is 0.463. The molecule has 2 heterocycles. The zero-order valence-corrected chi connectivity index (χ0v) is 18.3. The van der Waals surface area contributed by atoms with Crippen molar-refractivity contribution in [1.29, 1.82) is 0 Å². The molecule has 0 saturated heterocycles. The lowest BCUT2D eigenvalue weighted by Crippen LogP contribution is -2.33. The summed E-state index contributed by atoms with van der Waals surface area (Å²) in [4.78, 5) is 17.8. The van der Waals surface area contributed by atoms with E-state index in [9.17, 15) is 4.79 Å². The summed E-state index contributed by atoms with van der Waals surface area (Å²) < 4.78 is 9.33. The molecule has 1 unspecified atom stereocenters. The van der Waals surface area contributed by atoms with Crippen LogP contribution in [0.25, 0.3) is 21.9 Å². The molecular formula is C23H26N4O2S. The van der Waals surface area contributed by atoms with Crippen LogP contribution in [0.15, 0.2) is 54.7 Å². The van der Waals surface area contributed by atoms with E-state index in [2.05, 4.69) is 22.2 Å². The molecule has 0 aliphatic carbocycles. The Labute approximate surface area is 180 Å². The Morgan fingerprint density at radius 3 is 2.80 bits per heavy atom. The number of amides is 1. The maximum Gasteiger partial charge on any atom is 0.240 e. The summed E-state index contributed by atoms with van der Waals surface area (Å²) in [6.45, 7) is 0.259. The number of aryl methyl sites for hydroxylation is 1. The molecule has 7 heteroatoms. The van der Waals surface area contributed by atoms with Gasteiger partial charge in [0.05, 0.1) is 24.2 Å². The van der Waals surface area contributed by atoms with Crippen molar-refractivity contribution in [1.82, 2.24) is 19.4 Å². The second kappa shape index (κ2) is 8.83. The Morgan fingerprint density at radius 1 is 1.20 bits per heavy atom. The van der Waals surface area contributed by atoms with Crippen molar-refractivity contribution in [3.05, 3.63) is 60.6 Å². The summed E-state index contributed by atoms with van der Waals surface area (Å²) in [5, 5.41) is 4.27. The topological polar surface area (TPSA) is 61.1 Å². The molecule has 1 amide bonds. The van der Waals surface area contributed by atoms with Gasteiger partial charge in [0.1, 0.15) is 18.1 Å². The van der Waals surface area contributed by atoms with Gasteiger partial charge in [-0.3, -0.25) is 4.79 Å². The third-order valence-corrected chi connectivity index (χ3v) is 6.02. The van der Waals surface area contributed by atoms with Gasteiger partial charge in [-0.15, -0.1) is 0 Å². The van der Waals surface area contributed by atoms with Crippen LogP contribution in [0.4, 0.5) is 0 Å². The number of rotatable bonds is 8. The summed E-state index contributed by atoms with van der Waals surface area (Å²) in [6.07, 6.45) is 4.84. The summed E-state index contributed by atoms with van der Waals surface area (Å²) in [6, 6.07) is 15.8. The Morgan fingerprint density at radius 2 is 2.03 bits per heavy atom. The fourth-order valence-electron chi connectivity index (χ4n) is 3.82. The Kier molecular flexibility index (Phi) is 5.99. The Bertz CT molecular complexity index is 1180. The molecule has 2 aromatic heterocycles. The number of hydrogen-bond donors (Lipinski definition) is 1. The van der Waals surface area contributed by atoms with E-state index in [1.165, 1.54) is 0 Å². The van der Waals surface area contributed by atoms with Crippen LogP contribution >= 0.6 is 11.8 Å². The zero-order chi connectivity index (χ0) is 21.1. The van der Waals surface area contributed by atoms with Gasteiger partial charge in [0, 0.05) is 24.1 Å². The van der Waals surface area contributed by atoms with Gasteiger partial charge in [-0.1, -0.05) is 12.1 Å².